The van der Waals surface area contributed by atoms with Gasteiger partial charge in [0, 0.05) is 5.56 Å². The number of carbonyl (C=O) groups excluding carboxylic acids is 1. The van der Waals surface area contributed by atoms with Gasteiger partial charge in [-0.15, -0.1) is 12.4 Å². The molecule has 7 heteroatoms. The Bertz CT molecular complexity index is 458. The highest BCUT2D eigenvalue weighted by Gasteiger charge is 2.21. The maximum Gasteiger partial charge on any atom is 0.387 e. The number of halogens is 3. The molecular weight excluding hydrogens is 302 g/mol. The third-order valence-corrected chi connectivity index (χ3v) is 2.98. The predicted octanol–water partition coefficient (Wildman–Crippen LogP) is 2.87. The summed E-state index contributed by atoms with van der Waals surface area (Å²) in [7, 11) is 0. The lowest BCUT2D eigenvalue weighted by atomic mass is 10.0. The van der Waals surface area contributed by atoms with E-state index in [0.29, 0.717) is 5.56 Å². The summed E-state index contributed by atoms with van der Waals surface area (Å²) in [6.45, 7) is 2.46. The van der Waals surface area contributed by atoms with Crippen LogP contribution >= 0.6 is 12.4 Å². The first kappa shape index (κ1) is 19.6. The lowest BCUT2D eigenvalue weighted by Gasteiger charge is -2.21. The summed E-state index contributed by atoms with van der Waals surface area (Å²) in [5.41, 5.74) is 6.23. The highest BCUT2D eigenvalue weighted by molar-refractivity contribution is 5.85. The number of benzene rings is 1. The Labute approximate surface area is 129 Å². The monoisotopic (exact) mass is 322 g/mol. The van der Waals surface area contributed by atoms with Crippen molar-refractivity contribution in [2.24, 2.45) is 11.7 Å². The Morgan fingerprint density at radius 2 is 1.81 bits per heavy atom. The molecule has 0 aromatic heterocycles. The number of rotatable bonds is 6. The van der Waals surface area contributed by atoms with E-state index in [-0.39, 0.29) is 30.0 Å². The van der Waals surface area contributed by atoms with E-state index in [1.54, 1.807) is 25.1 Å². The van der Waals surface area contributed by atoms with Crippen LogP contribution in [0.25, 0.3) is 0 Å². The van der Waals surface area contributed by atoms with Crippen LogP contribution in [0.15, 0.2) is 24.3 Å². The molecule has 0 spiro atoms. The molecule has 3 N–H and O–H groups in total. The first-order valence-corrected chi connectivity index (χ1v) is 6.42. The number of para-hydroxylation sites is 1. The van der Waals surface area contributed by atoms with Crippen molar-refractivity contribution >= 4 is 18.3 Å². The van der Waals surface area contributed by atoms with E-state index < -0.39 is 18.7 Å². The lowest BCUT2D eigenvalue weighted by Crippen LogP contribution is -2.44. The minimum absolute atomic E-state index is 0. The molecule has 0 heterocycles. The third-order valence-electron chi connectivity index (χ3n) is 2.98. The standard InChI is InChI=1S/C14H20F2N2O2.ClH/c1-8(2)12(17)13(19)18-9(3)10-6-4-5-7-11(10)20-14(15)16;/h4-9,12,14H,17H2,1-3H3,(H,18,19);1H/t9?,12-;/m1./s1. The van der Waals surface area contributed by atoms with E-state index in [4.69, 9.17) is 5.73 Å². The molecule has 2 atom stereocenters. The predicted molar refractivity (Wildman–Crippen MR) is 79.7 cm³/mol. The van der Waals surface area contributed by atoms with Crippen molar-refractivity contribution in [2.45, 2.75) is 39.5 Å². The van der Waals surface area contributed by atoms with Gasteiger partial charge in [0.05, 0.1) is 12.1 Å². The molecule has 0 aliphatic heterocycles. The van der Waals surface area contributed by atoms with Crippen molar-refractivity contribution in [3.05, 3.63) is 29.8 Å². The zero-order chi connectivity index (χ0) is 15.3. The number of nitrogens with two attached hydrogens (primary N) is 1. The molecule has 21 heavy (non-hydrogen) atoms. The van der Waals surface area contributed by atoms with Crippen LogP contribution in [0.4, 0.5) is 8.78 Å². The molecule has 0 radical (unpaired) electrons. The van der Waals surface area contributed by atoms with Crippen LogP contribution in [-0.2, 0) is 4.79 Å². The zero-order valence-corrected chi connectivity index (χ0v) is 13.0. The van der Waals surface area contributed by atoms with Crippen LogP contribution in [-0.4, -0.2) is 18.6 Å². The van der Waals surface area contributed by atoms with Gasteiger partial charge in [0.2, 0.25) is 5.91 Å². The summed E-state index contributed by atoms with van der Waals surface area (Å²) >= 11 is 0. The number of nitrogens with one attached hydrogen (secondary N) is 1. The number of alkyl halides is 2. The van der Waals surface area contributed by atoms with Crippen LogP contribution < -0.4 is 15.8 Å². The van der Waals surface area contributed by atoms with Gasteiger partial charge in [0.25, 0.3) is 0 Å². The molecule has 0 aliphatic rings. The number of hydrogen-bond acceptors (Lipinski definition) is 3. The van der Waals surface area contributed by atoms with E-state index in [1.165, 1.54) is 6.07 Å². The van der Waals surface area contributed by atoms with Crippen molar-refractivity contribution in [3.63, 3.8) is 0 Å². The molecule has 0 fully saturated rings. The van der Waals surface area contributed by atoms with Gasteiger partial charge >= 0.3 is 6.61 Å². The largest absolute Gasteiger partial charge is 0.434 e. The van der Waals surface area contributed by atoms with Gasteiger partial charge in [-0.1, -0.05) is 32.0 Å². The second-order valence-electron chi connectivity index (χ2n) is 4.92. The van der Waals surface area contributed by atoms with E-state index in [0.717, 1.165) is 0 Å². The first-order chi connectivity index (χ1) is 9.32. The van der Waals surface area contributed by atoms with Crippen molar-refractivity contribution in [1.82, 2.24) is 5.32 Å². The van der Waals surface area contributed by atoms with E-state index >= 15 is 0 Å². The van der Waals surface area contributed by atoms with Crippen LogP contribution in [0.5, 0.6) is 5.75 Å². The summed E-state index contributed by atoms with van der Waals surface area (Å²) in [4.78, 5) is 11.9. The molecule has 1 unspecified atom stereocenters. The van der Waals surface area contributed by atoms with E-state index in [1.807, 2.05) is 13.8 Å². The lowest BCUT2D eigenvalue weighted by molar-refractivity contribution is -0.123. The topological polar surface area (TPSA) is 64.4 Å². The molecule has 0 bridgehead atoms. The maximum absolute atomic E-state index is 12.3. The number of hydrogen-bond donors (Lipinski definition) is 2. The van der Waals surface area contributed by atoms with Gasteiger partial charge in [-0.3, -0.25) is 4.79 Å². The van der Waals surface area contributed by atoms with Gasteiger partial charge in [0.15, 0.2) is 0 Å². The molecule has 1 aromatic carbocycles. The summed E-state index contributed by atoms with van der Waals surface area (Å²) in [6.07, 6.45) is 0. The highest BCUT2D eigenvalue weighted by atomic mass is 35.5. The molecule has 4 nitrogen and oxygen atoms in total. The zero-order valence-electron chi connectivity index (χ0n) is 12.2. The van der Waals surface area contributed by atoms with Crippen molar-refractivity contribution < 1.29 is 18.3 Å². The molecule has 0 aliphatic carbocycles. The quantitative estimate of drug-likeness (QED) is 0.846. The van der Waals surface area contributed by atoms with Crippen LogP contribution in [0, 0.1) is 5.92 Å². The average Bonchev–Trinajstić information content (AvgIpc) is 2.37. The fourth-order valence-corrected chi connectivity index (χ4v) is 1.73. The first-order valence-electron chi connectivity index (χ1n) is 6.42. The van der Waals surface area contributed by atoms with Gasteiger partial charge in [0.1, 0.15) is 5.75 Å². The summed E-state index contributed by atoms with van der Waals surface area (Å²) in [6, 6.07) is 5.24. The highest BCUT2D eigenvalue weighted by Crippen LogP contribution is 2.26. The fourth-order valence-electron chi connectivity index (χ4n) is 1.73. The minimum Gasteiger partial charge on any atom is -0.434 e. The number of amides is 1. The molecular formula is C14H21ClF2N2O2. The van der Waals surface area contributed by atoms with Gasteiger partial charge in [-0.2, -0.15) is 8.78 Å². The van der Waals surface area contributed by atoms with Crippen molar-refractivity contribution in [2.75, 3.05) is 0 Å². The Morgan fingerprint density at radius 1 is 1.24 bits per heavy atom. The molecule has 1 aromatic rings. The van der Waals surface area contributed by atoms with Crippen LogP contribution in [0.1, 0.15) is 32.4 Å². The maximum atomic E-state index is 12.3. The number of ether oxygens (including phenoxy) is 1. The summed E-state index contributed by atoms with van der Waals surface area (Å²) in [5, 5.41) is 2.70. The average molecular weight is 323 g/mol. The van der Waals surface area contributed by atoms with Crippen LogP contribution in [0.2, 0.25) is 0 Å². The Kier molecular flexibility index (Phi) is 8.21. The third kappa shape index (κ3) is 5.85. The molecule has 120 valence electrons. The molecule has 1 rings (SSSR count). The second-order valence-corrected chi connectivity index (χ2v) is 4.92. The summed E-state index contributed by atoms with van der Waals surface area (Å²) in [5.74, 6) is -0.275. The van der Waals surface area contributed by atoms with Crippen LogP contribution in [0.3, 0.4) is 0 Å². The molecule has 1 amide bonds. The van der Waals surface area contributed by atoms with Gasteiger partial charge in [-0.05, 0) is 18.9 Å². The number of carbonyl (C=O) groups is 1. The Hall–Kier alpha value is -1.40. The van der Waals surface area contributed by atoms with Crippen molar-refractivity contribution in [3.8, 4) is 5.75 Å². The van der Waals surface area contributed by atoms with E-state index in [9.17, 15) is 13.6 Å². The SMILES string of the molecule is CC(NC(=O)[C@H](N)C(C)C)c1ccccc1OC(F)F.Cl. The fraction of sp³-hybridized carbons (Fsp3) is 0.500. The second kappa shape index (κ2) is 8.79. The molecule has 0 saturated carbocycles. The van der Waals surface area contributed by atoms with Crippen molar-refractivity contribution in [1.29, 1.82) is 0 Å². The Balaban J connectivity index is 0.00000400. The smallest absolute Gasteiger partial charge is 0.387 e. The van der Waals surface area contributed by atoms with Gasteiger partial charge < -0.3 is 15.8 Å². The normalized spacial score (nSPS) is 13.5. The van der Waals surface area contributed by atoms with Gasteiger partial charge in [-0.25, -0.2) is 0 Å². The molecule has 0 saturated heterocycles. The van der Waals surface area contributed by atoms with E-state index in [2.05, 4.69) is 10.1 Å². The Morgan fingerprint density at radius 3 is 2.33 bits per heavy atom. The minimum atomic E-state index is -2.91. The summed E-state index contributed by atoms with van der Waals surface area (Å²) < 4.78 is 29.1.